The van der Waals surface area contributed by atoms with Gasteiger partial charge in [-0.1, -0.05) is 39.0 Å². The molecule has 0 spiro atoms. The van der Waals surface area contributed by atoms with E-state index < -0.39 is 73.9 Å². The molecule has 0 bridgehead atoms. The highest BCUT2D eigenvalue weighted by Gasteiger charge is 2.62. The summed E-state index contributed by atoms with van der Waals surface area (Å²) in [5.41, 5.74) is 0.221. The van der Waals surface area contributed by atoms with Crippen molar-refractivity contribution in [2.24, 2.45) is 11.3 Å². The Morgan fingerprint density at radius 1 is 1.02 bits per heavy atom. The third-order valence-corrected chi connectivity index (χ3v) is 13.1. The largest absolute Gasteiger partial charge is 0.491 e. The second-order valence-electron chi connectivity index (χ2n) is 17.4. The van der Waals surface area contributed by atoms with Gasteiger partial charge >= 0.3 is 0 Å². The average molecular weight is 853 g/mol. The maximum atomic E-state index is 14.9. The number of para-hydroxylation sites is 1. The monoisotopic (exact) mass is 852 g/mol. The van der Waals surface area contributed by atoms with Crippen LogP contribution in [-0.2, 0) is 24.4 Å². The van der Waals surface area contributed by atoms with Crippen LogP contribution < -0.4 is 24.8 Å². The quantitative estimate of drug-likeness (QED) is 0.104. The van der Waals surface area contributed by atoms with Crippen molar-refractivity contribution in [1.29, 1.82) is 0 Å². The highest BCUT2D eigenvalue weighted by Crippen LogP contribution is 2.46. The maximum absolute atomic E-state index is 14.9. The number of carbonyl (C=O) groups is 3. The molecule has 3 N–H and O–H groups in total. The van der Waals surface area contributed by atoms with E-state index in [4.69, 9.17) is 23.9 Å². The van der Waals surface area contributed by atoms with Gasteiger partial charge in [0.05, 0.1) is 17.9 Å². The number of furan rings is 1. The number of amides is 3. The molecular weight excluding hydrogens is 804 g/mol. The first-order chi connectivity index (χ1) is 29.0. The molecule has 3 aromatic carbocycles. The van der Waals surface area contributed by atoms with Crippen molar-refractivity contribution in [2.75, 3.05) is 11.9 Å². The van der Waals surface area contributed by atoms with Crippen molar-refractivity contribution >= 4 is 55.5 Å². The second-order valence-corrected chi connectivity index (χ2v) is 19.4. The number of carbonyl (C=O) groups excluding carboxylic acids is 3. The van der Waals surface area contributed by atoms with Crippen LogP contribution in [0.25, 0.3) is 33.5 Å². The Balaban J connectivity index is 1.14. The van der Waals surface area contributed by atoms with Crippen molar-refractivity contribution in [3.8, 4) is 23.0 Å². The third kappa shape index (κ3) is 8.50. The van der Waals surface area contributed by atoms with Crippen LogP contribution in [0, 0.1) is 17.2 Å². The number of sulfonamides is 1. The molecule has 3 heterocycles. The number of halogens is 1. The normalized spacial score (nSPS) is 21.9. The molecule has 3 amide bonds. The number of rotatable bonds is 14. The summed E-state index contributed by atoms with van der Waals surface area (Å²) in [5.74, 6) is -1.82. The van der Waals surface area contributed by atoms with Crippen molar-refractivity contribution in [3.05, 3.63) is 91.3 Å². The Bertz CT molecular complexity index is 2620. The van der Waals surface area contributed by atoms with Crippen molar-refractivity contribution in [2.45, 2.75) is 95.4 Å². The highest BCUT2D eigenvalue weighted by molar-refractivity contribution is 7.91. The average Bonchev–Trinajstić information content (AvgIpc) is 4.12. The molecule has 2 saturated carbocycles. The highest BCUT2D eigenvalue weighted by atomic mass is 32.2. The van der Waals surface area contributed by atoms with Crippen LogP contribution in [0.3, 0.4) is 0 Å². The molecule has 5 atom stereocenters. The number of anilines is 1. The Morgan fingerprint density at radius 3 is 2.36 bits per heavy atom. The summed E-state index contributed by atoms with van der Waals surface area (Å²) < 4.78 is 60.5. The van der Waals surface area contributed by atoms with Crippen molar-refractivity contribution in [1.82, 2.24) is 24.9 Å². The van der Waals surface area contributed by atoms with Crippen LogP contribution in [0.15, 0.2) is 89.9 Å². The minimum atomic E-state index is -3.93. The maximum Gasteiger partial charge on any atom is 0.262 e. The van der Waals surface area contributed by atoms with Crippen LogP contribution in [0.2, 0.25) is 0 Å². The SMILES string of the molecule is C=C[C@@H]1CC1(NC(=O)[C@@H]1C[C@@H](Oc2nc(-c3ccc(OC(C)C)cc3)nc3c2oc2ccccc23)CN1C(=O)[C@@H](Nc1ccc(F)cc1)C(C)(C)C)C(=O)NS(=O)(=O)C1CC1. The Labute approximate surface area is 353 Å². The number of fused-ring (bicyclic) bond motifs is 3. The number of hydrogen-bond donors (Lipinski definition) is 3. The molecule has 3 aliphatic rings. The van der Waals surface area contributed by atoms with E-state index in [-0.39, 0.29) is 37.0 Å². The first-order valence-corrected chi connectivity index (χ1v) is 22.0. The summed E-state index contributed by atoms with van der Waals surface area (Å²) in [7, 11) is -3.93. The number of hydrogen-bond acceptors (Lipinski definition) is 11. The lowest BCUT2D eigenvalue weighted by atomic mass is 9.85. The number of nitrogens with zero attached hydrogens (tertiary/aromatic N) is 3. The molecule has 1 unspecified atom stereocenters. The second kappa shape index (κ2) is 15.8. The smallest absolute Gasteiger partial charge is 0.262 e. The number of nitrogens with one attached hydrogen (secondary N) is 3. The van der Waals surface area contributed by atoms with Crippen molar-refractivity contribution in [3.63, 3.8) is 0 Å². The summed E-state index contributed by atoms with van der Waals surface area (Å²) in [6.07, 6.45) is 1.67. The topological polar surface area (TPSA) is 182 Å². The van der Waals surface area contributed by atoms with E-state index >= 15 is 0 Å². The van der Waals surface area contributed by atoms with Gasteiger partial charge in [-0.2, -0.15) is 4.98 Å². The van der Waals surface area contributed by atoms with Gasteiger partial charge in [-0.05, 0) is 99.2 Å². The number of likely N-dealkylation sites (tertiary alicyclic amines) is 1. The molecular formula is C45H49FN6O8S. The number of aromatic nitrogens is 2. The van der Waals surface area contributed by atoms with Gasteiger partial charge in [0.2, 0.25) is 27.4 Å². The van der Waals surface area contributed by atoms with Gasteiger partial charge in [0, 0.05) is 29.0 Å². The lowest BCUT2D eigenvalue weighted by molar-refractivity contribution is -0.141. The van der Waals surface area contributed by atoms with Gasteiger partial charge in [0.15, 0.2) is 5.82 Å². The Hall–Kier alpha value is -6.03. The van der Waals surface area contributed by atoms with E-state index in [1.54, 1.807) is 0 Å². The molecule has 61 heavy (non-hydrogen) atoms. The summed E-state index contributed by atoms with van der Waals surface area (Å²) in [5, 5.41) is 6.16. The van der Waals surface area contributed by atoms with Gasteiger partial charge in [-0.25, -0.2) is 17.8 Å². The lowest BCUT2D eigenvalue weighted by Crippen LogP contribution is -2.58. The molecule has 1 saturated heterocycles. The van der Waals surface area contributed by atoms with Gasteiger partial charge in [0.25, 0.3) is 11.8 Å². The molecule has 8 rings (SSSR count). The molecule has 5 aromatic rings. The van der Waals surface area contributed by atoms with Gasteiger partial charge in [-0.3, -0.25) is 19.1 Å². The lowest BCUT2D eigenvalue weighted by Gasteiger charge is -2.36. The zero-order valence-electron chi connectivity index (χ0n) is 34.6. The molecule has 3 fully saturated rings. The van der Waals surface area contributed by atoms with Crippen LogP contribution in [0.5, 0.6) is 11.6 Å². The summed E-state index contributed by atoms with van der Waals surface area (Å²) in [6, 6.07) is 18.3. The van der Waals surface area contributed by atoms with Gasteiger partial charge in [0.1, 0.15) is 46.4 Å². The molecule has 16 heteroatoms. The summed E-state index contributed by atoms with van der Waals surface area (Å²) >= 11 is 0. The molecule has 0 radical (unpaired) electrons. The number of ether oxygens (including phenoxy) is 2. The van der Waals surface area contributed by atoms with Crippen LogP contribution in [0.1, 0.15) is 60.3 Å². The fraction of sp³-hybridized carbons (Fsp3) is 0.400. The Morgan fingerprint density at radius 2 is 1.72 bits per heavy atom. The Kier molecular flexibility index (Phi) is 10.8. The first-order valence-electron chi connectivity index (χ1n) is 20.4. The van der Waals surface area contributed by atoms with Crippen LogP contribution in [-0.4, -0.2) is 82.6 Å². The van der Waals surface area contributed by atoms with Gasteiger partial charge in [-0.15, -0.1) is 6.58 Å². The zero-order chi connectivity index (χ0) is 43.4. The van der Waals surface area contributed by atoms with E-state index in [2.05, 4.69) is 21.9 Å². The fourth-order valence-corrected chi connectivity index (χ4v) is 9.17. The van der Waals surface area contributed by atoms with E-state index in [0.29, 0.717) is 46.8 Å². The van der Waals surface area contributed by atoms with Crippen molar-refractivity contribution < 1.29 is 41.1 Å². The first kappa shape index (κ1) is 41.7. The summed E-state index contributed by atoms with van der Waals surface area (Å²) in [4.78, 5) is 54.2. The zero-order valence-corrected chi connectivity index (χ0v) is 35.4. The third-order valence-electron chi connectivity index (χ3n) is 11.3. The number of benzene rings is 3. The fourth-order valence-electron chi connectivity index (χ4n) is 7.81. The van der Waals surface area contributed by atoms with Crippen LogP contribution in [0.4, 0.5) is 10.1 Å². The predicted octanol–water partition coefficient (Wildman–Crippen LogP) is 6.51. The molecule has 14 nitrogen and oxygen atoms in total. The standard InChI is InChI=1S/C45H49FN6O8S/c1-7-27-23-45(27,43(55)51-61(56,57)32-20-21-32)50-40(53)34-22-31(24-52(34)42(54)38(44(4,5)6)47-29-16-14-28(46)15-17-29)59-41-37-36(33-10-8-9-11-35(33)60-37)48-39(49-41)26-12-18-30(19-13-26)58-25(2)3/h7-19,25,27,31-32,34,38,47H,1,20-24H2,2-6H3,(H,50,53)(H,51,55)/t27-,31-,34+,38-,45?/m1/s1. The summed E-state index contributed by atoms with van der Waals surface area (Å²) in [6.45, 7) is 13.2. The minimum Gasteiger partial charge on any atom is -0.491 e. The van der Waals surface area contributed by atoms with Crippen LogP contribution >= 0.6 is 0 Å². The van der Waals surface area contributed by atoms with Gasteiger partial charge < -0.3 is 29.4 Å². The van der Waals surface area contributed by atoms with E-state index in [1.807, 2.05) is 83.1 Å². The minimum absolute atomic E-state index is 0.0178. The predicted molar refractivity (Wildman–Crippen MR) is 228 cm³/mol. The molecule has 1 aliphatic heterocycles. The molecule has 2 aliphatic carbocycles. The van der Waals surface area contributed by atoms with E-state index in [0.717, 1.165) is 5.39 Å². The molecule has 320 valence electrons. The van der Waals surface area contributed by atoms with E-state index in [1.165, 1.54) is 35.2 Å². The molecule has 2 aromatic heterocycles. The van der Waals surface area contributed by atoms with E-state index in [9.17, 15) is 27.2 Å².